The molecule has 0 aromatic heterocycles. The van der Waals surface area contributed by atoms with E-state index in [-0.39, 0.29) is 18.9 Å². The number of nitrogens with one attached hydrogen (secondary N) is 1. The van der Waals surface area contributed by atoms with E-state index in [0.717, 1.165) is 70.6 Å². The van der Waals surface area contributed by atoms with Gasteiger partial charge in [0.1, 0.15) is 48.8 Å². The summed E-state index contributed by atoms with van der Waals surface area (Å²) in [5.41, 5.74) is 0. The van der Waals surface area contributed by atoms with Gasteiger partial charge < -0.3 is 65.1 Å². The molecule has 2 rings (SSSR count). The minimum absolute atomic E-state index is 0.261. The van der Waals surface area contributed by atoms with Gasteiger partial charge in [0.15, 0.2) is 12.6 Å². The van der Waals surface area contributed by atoms with Gasteiger partial charge in [-0.1, -0.05) is 182 Å². The number of amides is 1. The third-order valence-electron chi connectivity index (χ3n) is 13.1. The fraction of sp³-hybridized carbons (Fsp3) is 0.741. The molecular formula is C58H99NO13. The van der Waals surface area contributed by atoms with Crippen LogP contribution in [0.2, 0.25) is 0 Å². The molecule has 14 heteroatoms. The Hall–Kier alpha value is -2.83. The molecular weight excluding hydrogens is 919 g/mol. The van der Waals surface area contributed by atoms with Gasteiger partial charge in [-0.15, -0.1) is 0 Å². The fourth-order valence-corrected chi connectivity index (χ4v) is 8.57. The van der Waals surface area contributed by atoms with Crippen LogP contribution in [0.15, 0.2) is 85.1 Å². The van der Waals surface area contributed by atoms with E-state index in [9.17, 15) is 45.6 Å². The van der Waals surface area contributed by atoms with E-state index in [1.807, 2.05) is 6.08 Å². The maximum absolute atomic E-state index is 13.2. The first-order chi connectivity index (χ1) is 35.1. The maximum Gasteiger partial charge on any atom is 0.220 e. The van der Waals surface area contributed by atoms with Crippen LogP contribution in [0.5, 0.6) is 0 Å². The number of carbonyl (C=O) groups is 1. The van der Waals surface area contributed by atoms with Crippen LogP contribution in [0.1, 0.15) is 181 Å². The monoisotopic (exact) mass is 1020 g/mol. The number of unbranched alkanes of at least 4 members (excludes halogenated alkanes) is 17. The topological polar surface area (TPSA) is 228 Å². The van der Waals surface area contributed by atoms with Crippen LogP contribution in [0, 0.1) is 0 Å². The minimum atomic E-state index is -1.79. The number of aliphatic hydroxyl groups is 8. The fourth-order valence-electron chi connectivity index (χ4n) is 8.57. The average molecular weight is 1020 g/mol. The molecule has 2 heterocycles. The number of hydrogen-bond donors (Lipinski definition) is 9. The molecule has 0 spiro atoms. The molecule has 2 aliphatic heterocycles. The van der Waals surface area contributed by atoms with Gasteiger partial charge in [-0.2, -0.15) is 0 Å². The number of carbonyl (C=O) groups excluding carboxylic acids is 1. The van der Waals surface area contributed by atoms with E-state index in [1.165, 1.54) is 77.0 Å². The molecule has 1 amide bonds. The molecule has 12 unspecified atom stereocenters. The lowest BCUT2D eigenvalue weighted by atomic mass is 9.97. The Kier molecular flexibility index (Phi) is 39.4. The number of rotatable bonds is 42. The summed E-state index contributed by atoms with van der Waals surface area (Å²) in [6, 6.07) is -0.939. The summed E-state index contributed by atoms with van der Waals surface area (Å²) < 4.78 is 22.7. The van der Waals surface area contributed by atoms with Crippen molar-refractivity contribution in [3.63, 3.8) is 0 Å². The molecule has 2 saturated heterocycles. The lowest BCUT2D eigenvalue weighted by Crippen LogP contribution is -2.65. The molecule has 0 radical (unpaired) electrons. The summed E-state index contributed by atoms with van der Waals surface area (Å²) in [6.07, 6.45) is 40.5. The number of ether oxygens (including phenoxy) is 4. The summed E-state index contributed by atoms with van der Waals surface area (Å²) in [4.78, 5) is 13.2. The second-order valence-electron chi connectivity index (χ2n) is 19.3. The Bertz CT molecular complexity index is 1530. The van der Waals surface area contributed by atoms with E-state index >= 15 is 0 Å². The molecule has 0 aromatic carbocycles. The van der Waals surface area contributed by atoms with E-state index in [0.29, 0.717) is 12.8 Å². The molecule has 2 fully saturated rings. The van der Waals surface area contributed by atoms with E-state index in [4.69, 9.17) is 18.9 Å². The highest BCUT2D eigenvalue weighted by Gasteiger charge is 2.51. The van der Waals surface area contributed by atoms with Gasteiger partial charge in [-0.05, 0) is 77.0 Å². The van der Waals surface area contributed by atoms with Crippen molar-refractivity contribution in [1.82, 2.24) is 5.32 Å². The Morgan fingerprint density at radius 2 is 0.972 bits per heavy atom. The average Bonchev–Trinajstić information content (AvgIpc) is 3.38. The van der Waals surface area contributed by atoms with Crippen LogP contribution in [0.25, 0.3) is 0 Å². The van der Waals surface area contributed by atoms with E-state index < -0.39 is 86.8 Å². The van der Waals surface area contributed by atoms with Crippen LogP contribution in [-0.4, -0.2) is 140 Å². The van der Waals surface area contributed by atoms with Crippen molar-refractivity contribution in [2.45, 2.75) is 254 Å². The SMILES string of the molecule is CC/C=C\C/C=C\C/C=C\C/C=C\C/C=C\CCCCCCCCCCCC(=O)NC(COC1OC(CO)C(OC2OC(CO)C(O)C(O)C2O)C(O)C1O)C(O)/C=C/CC/C=C/CCCCCCCCC. The number of aliphatic hydroxyl groups excluding tert-OH is 8. The second kappa shape index (κ2) is 43.4. The molecule has 414 valence electrons. The number of hydrogen-bond acceptors (Lipinski definition) is 13. The lowest BCUT2D eigenvalue weighted by Gasteiger charge is -2.46. The highest BCUT2D eigenvalue weighted by Crippen LogP contribution is 2.30. The van der Waals surface area contributed by atoms with Gasteiger partial charge in [0.25, 0.3) is 0 Å². The van der Waals surface area contributed by atoms with Crippen LogP contribution >= 0.6 is 0 Å². The van der Waals surface area contributed by atoms with Crippen molar-refractivity contribution in [2.75, 3.05) is 19.8 Å². The van der Waals surface area contributed by atoms with Gasteiger partial charge in [-0.25, -0.2) is 0 Å². The molecule has 0 aliphatic carbocycles. The first-order valence-corrected chi connectivity index (χ1v) is 27.8. The quantitative estimate of drug-likeness (QED) is 0.0207. The molecule has 12 atom stereocenters. The highest BCUT2D eigenvalue weighted by atomic mass is 16.7. The van der Waals surface area contributed by atoms with Crippen LogP contribution < -0.4 is 5.32 Å². The van der Waals surface area contributed by atoms with Gasteiger partial charge in [0.2, 0.25) is 5.91 Å². The summed E-state index contributed by atoms with van der Waals surface area (Å²) in [5, 5.41) is 86.8. The Labute approximate surface area is 433 Å². The maximum atomic E-state index is 13.2. The smallest absolute Gasteiger partial charge is 0.220 e. The van der Waals surface area contributed by atoms with E-state index in [2.05, 4.69) is 92.1 Å². The van der Waals surface area contributed by atoms with Crippen LogP contribution in [0.3, 0.4) is 0 Å². The predicted octanol–water partition coefficient (Wildman–Crippen LogP) is 8.55. The lowest BCUT2D eigenvalue weighted by molar-refractivity contribution is -0.359. The van der Waals surface area contributed by atoms with Gasteiger partial charge >= 0.3 is 0 Å². The first kappa shape index (κ1) is 65.3. The van der Waals surface area contributed by atoms with Gasteiger partial charge in [-0.3, -0.25) is 4.79 Å². The zero-order valence-electron chi connectivity index (χ0n) is 44.1. The molecule has 2 aliphatic rings. The van der Waals surface area contributed by atoms with Crippen LogP contribution in [-0.2, 0) is 23.7 Å². The van der Waals surface area contributed by atoms with Gasteiger partial charge in [0.05, 0.1) is 32.0 Å². The van der Waals surface area contributed by atoms with Crippen molar-refractivity contribution in [3.8, 4) is 0 Å². The Morgan fingerprint density at radius 1 is 0.514 bits per heavy atom. The molecule has 14 nitrogen and oxygen atoms in total. The standard InChI is InChI=1S/C58H99NO13/c1-3-5-7-9-11-13-15-17-18-19-20-21-22-23-24-25-26-27-28-30-32-34-36-38-40-42-50(63)59-46(47(62)41-39-37-35-33-31-29-16-14-12-10-8-6-4-2)45-69-57-55(68)53(66)56(49(44-61)71-57)72-58-54(67)52(65)51(64)48(43-60)70-58/h5,7,11,13,17-18,20-21,23-24,31,33,39,41,46-49,51-58,60-62,64-68H,3-4,6,8-10,12,14-16,19,22,25-30,32,34-38,40,42-45H2,1-2H3,(H,59,63)/b7-5-,13-11-,18-17-,21-20-,24-23-,33-31+,41-39+. The third kappa shape index (κ3) is 29.3. The minimum Gasteiger partial charge on any atom is -0.394 e. The second-order valence-corrected chi connectivity index (χ2v) is 19.3. The Morgan fingerprint density at radius 3 is 1.53 bits per heavy atom. The summed E-state index contributed by atoms with van der Waals surface area (Å²) in [6.45, 7) is 2.62. The largest absolute Gasteiger partial charge is 0.394 e. The summed E-state index contributed by atoms with van der Waals surface area (Å²) >= 11 is 0. The molecule has 0 aromatic rings. The molecule has 9 N–H and O–H groups in total. The molecule has 0 saturated carbocycles. The zero-order chi connectivity index (χ0) is 52.4. The van der Waals surface area contributed by atoms with Crippen molar-refractivity contribution in [3.05, 3.63) is 85.1 Å². The van der Waals surface area contributed by atoms with Crippen molar-refractivity contribution >= 4 is 5.91 Å². The van der Waals surface area contributed by atoms with Gasteiger partial charge in [0, 0.05) is 6.42 Å². The van der Waals surface area contributed by atoms with E-state index in [1.54, 1.807) is 6.08 Å². The van der Waals surface area contributed by atoms with Crippen molar-refractivity contribution in [2.24, 2.45) is 0 Å². The summed E-state index contributed by atoms with van der Waals surface area (Å²) in [7, 11) is 0. The first-order valence-electron chi connectivity index (χ1n) is 27.8. The summed E-state index contributed by atoms with van der Waals surface area (Å²) in [5.74, 6) is -0.261. The number of allylic oxidation sites excluding steroid dienone is 13. The van der Waals surface area contributed by atoms with Crippen molar-refractivity contribution in [1.29, 1.82) is 0 Å². The normalized spacial score (nSPS) is 26.2. The predicted molar refractivity (Wildman–Crippen MR) is 286 cm³/mol. The zero-order valence-corrected chi connectivity index (χ0v) is 44.1. The molecule has 72 heavy (non-hydrogen) atoms. The Balaban J connectivity index is 1.77. The van der Waals surface area contributed by atoms with Crippen molar-refractivity contribution < 1.29 is 64.6 Å². The third-order valence-corrected chi connectivity index (χ3v) is 13.1. The molecule has 0 bridgehead atoms. The van der Waals surface area contributed by atoms with Crippen LogP contribution in [0.4, 0.5) is 0 Å². The highest BCUT2D eigenvalue weighted by molar-refractivity contribution is 5.76.